The molecule has 1 amide bonds. The molecule has 9 nitrogen and oxygen atoms in total. The minimum atomic E-state index is -1.16. The van der Waals surface area contributed by atoms with E-state index in [2.05, 4.69) is 15.4 Å². The van der Waals surface area contributed by atoms with Crippen LogP contribution in [0.3, 0.4) is 0 Å². The number of rotatable bonds is 5. The molecule has 0 bridgehead atoms. The van der Waals surface area contributed by atoms with Crippen LogP contribution in [0.5, 0.6) is 0 Å². The zero-order valence-electron chi connectivity index (χ0n) is 17.6. The van der Waals surface area contributed by atoms with Crippen LogP contribution < -0.4 is 10.2 Å². The number of halogens is 1. The number of ether oxygens (including phenoxy) is 1. The first-order chi connectivity index (χ1) is 15.3. The summed E-state index contributed by atoms with van der Waals surface area (Å²) in [6.45, 7) is 4.06. The Labute approximate surface area is 183 Å². The van der Waals surface area contributed by atoms with Gasteiger partial charge in [-0.15, -0.1) is 0 Å². The minimum Gasteiger partial charge on any atom is -0.476 e. The highest BCUT2D eigenvalue weighted by molar-refractivity contribution is 6.05. The first-order valence-corrected chi connectivity index (χ1v) is 10.0. The molecule has 1 aromatic carbocycles. The number of carbonyl (C=O) groups is 2. The maximum absolute atomic E-state index is 14.2. The lowest BCUT2D eigenvalue weighted by atomic mass is 10.0. The van der Waals surface area contributed by atoms with Crippen molar-refractivity contribution in [3.8, 4) is 11.1 Å². The van der Waals surface area contributed by atoms with Gasteiger partial charge < -0.3 is 20.1 Å². The number of nitrogens with zero attached hydrogens (tertiary/aromatic N) is 4. The van der Waals surface area contributed by atoms with Crippen molar-refractivity contribution < 1.29 is 23.8 Å². The average Bonchev–Trinajstić information content (AvgIpc) is 3.17. The largest absolute Gasteiger partial charge is 0.476 e. The lowest BCUT2D eigenvalue weighted by Crippen LogP contribution is -2.36. The third-order valence-corrected chi connectivity index (χ3v) is 5.19. The molecule has 0 radical (unpaired) electrons. The smallest absolute Gasteiger partial charge is 0.357 e. The van der Waals surface area contributed by atoms with Crippen LogP contribution in [-0.4, -0.2) is 58.1 Å². The summed E-state index contributed by atoms with van der Waals surface area (Å²) in [5, 5.41) is 16.1. The monoisotopic (exact) mass is 439 g/mol. The molecule has 1 aliphatic rings. The number of hydrogen-bond donors (Lipinski definition) is 2. The van der Waals surface area contributed by atoms with Gasteiger partial charge in [-0.05, 0) is 31.2 Å². The van der Waals surface area contributed by atoms with Crippen molar-refractivity contribution >= 4 is 23.3 Å². The van der Waals surface area contributed by atoms with Crippen molar-refractivity contribution in [2.24, 2.45) is 7.05 Å². The highest BCUT2D eigenvalue weighted by Crippen LogP contribution is 2.28. The Balaban J connectivity index is 1.61. The number of anilines is 2. The standard InChI is InChI=1S/C22H22FN5O4/c1-13-18(19-12-27(2)26-20(19)22(30)31)10-16(11-24-13)25-21(29)14-7-15(23)9-17(8-14)28-3-5-32-6-4-28/h7-12H,3-6H2,1-2H3,(H,25,29)(H,30,31). The third kappa shape index (κ3) is 4.45. The van der Waals surface area contributed by atoms with Crippen LogP contribution in [0.4, 0.5) is 15.8 Å². The molecule has 1 fully saturated rings. The number of aryl methyl sites for hydroxylation is 2. The van der Waals surface area contributed by atoms with E-state index in [1.807, 2.05) is 4.90 Å². The van der Waals surface area contributed by atoms with Crippen molar-refractivity contribution in [2.75, 3.05) is 36.5 Å². The maximum Gasteiger partial charge on any atom is 0.357 e. The number of amides is 1. The van der Waals surface area contributed by atoms with Gasteiger partial charge in [0.15, 0.2) is 5.69 Å². The summed E-state index contributed by atoms with van der Waals surface area (Å²) in [6, 6.07) is 5.83. The number of pyridine rings is 1. The van der Waals surface area contributed by atoms with Crippen molar-refractivity contribution in [3.63, 3.8) is 0 Å². The summed E-state index contributed by atoms with van der Waals surface area (Å²) in [5.41, 5.74) is 2.53. The summed E-state index contributed by atoms with van der Waals surface area (Å²) >= 11 is 0. The van der Waals surface area contributed by atoms with E-state index < -0.39 is 17.7 Å². The fourth-order valence-electron chi connectivity index (χ4n) is 3.63. The number of aromatic carboxylic acids is 1. The van der Waals surface area contributed by atoms with Crippen LogP contribution in [0.25, 0.3) is 11.1 Å². The molecule has 0 atom stereocenters. The molecule has 1 aliphatic heterocycles. The van der Waals surface area contributed by atoms with Crippen LogP contribution in [0, 0.1) is 12.7 Å². The highest BCUT2D eigenvalue weighted by atomic mass is 19.1. The van der Waals surface area contributed by atoms with Gasteiger partial charge in [0.1, 0.15) is 5.82 Å². The predicted molar refractivity (Wildman–Crippen MR) is 116 cm³/mol. The zero-order chi connectivity index (χ0) is 22.8. The van der Waals surface area contributed by atoms with Gasteiger partial charge in [0.25, 0.3) is 5.91 Å². The summed E-state index contributed by atoms with van der Waals surface area (Å²) in [4.78, 5) is 30.6. The molecule has 2 N–H and O–H groups in total. The van der Waals surface area contributed by atoms with E-state index in [0.29, 0.717) is 54.5 Å². The SMILES string of the molecule is Cc1ncc(NC(=O)c2cc(F)cc(N3CCOCC3)c2)cc1-c1cn(C)nc1C(=O)O. The summed E-state index contributed by atoms with van der Waals surface area (Å²) in [6.07, 6.45) is 3.05. The maximum atomic E-state index is 14.2. The molecule has 32 heavy (non-hydrogen) atoms. The lowest BCUT2D eigenvalue weighted by Gasteiger charge is -2.29. The Bertz CT molecular complexity index is 1190. The molecule has 0 saturated carbocycles. The number of carbonyl (C=O) groups excluding carboxylic acids is 1. The molecule has 4 rings (SSSR count). The van der Waals surface area contributed by atoms with Gasteiger partial charge in [-0.2, -0.15) is 5.10 Å². The van der Waals surface area contributed by atoms with Crippen molar-refractivity contribution in [3.05, 3.63) is 59.4 Å². The van der Waals surface area contributed by atoms with E-state index in [1.54, 1.807) is 32.3 Å². The molecule has 0 spiro atoms. The van der Waals surface area contributed by atoms with Gasteiger partial charge >= 0.3 is 5.97 Å². The second kappa shape index (κ2) is 8.75. The Morgan fingerprint density at radius 2 is 1.91 bits per heavy atom. The first-order valence-electron chi connectivity index (χ1n) is 10.0. The molecular weight excluding hydrogens is 417 g/mol. The van der Waals surface area contributed by atoms with Crippen molar-refractivity contribution in [2.45, 2.75) is 6.92 Å². The van der Waals surface area contributed by atoms with Crippen LogP contribution in [0.15, 0.2) is 36.7 Å². The van der Waals surface area contributed by atoms with E-state index in [-0.39, 0.29) is 11.3 Å². The number of benzene rings is 1. The second-order valence-corrected chi connectivity index (χ2v) is 7.48. The summed E-state index contributed by atoms with van der Waals surface area (Å²) < 4.78 is 21.0. The molecule has 3 heterocycles. The van der Waals surface area contributed by atoms with Crippen LogP contribution in [-0.2, 0) is 11.8 Å². The first kappa shape index (κ1) is 21.4. The number of aromatic nitrogens is 3. The molecule has 1 saturated heterocycles. The van der Waals surface area contributed by atoms with Gasteiger partial charge in [0.05, 0.1) is 25.1 Å². The van der Waals surface area contributed by atoms with Gasteiger partial charge in [-0.25, -0.2) is 9.18 Å². The Kier molecular flexibility index (Phi) is 5.87. The van der Waals surface area contributed by atoms with Crippen LogP contribution in [0.2, 0.25) is 0 Å². The normalized spacial score (nSPS) is 13.8. The fourth-order valence-corrected chi connectivity index (χ4v) is 3.63. The van der Waals surface area contributed by atoms with E-state index >= 15 is 0 Å². The number of nitrogens with one attached hydrogen (secondary N) is 1. The second-order valence-electron chi connectivity index (χ2n) is 7.48. The van der Waals surface area contributed by atoms with Crippen LogP contribution >= 0.6 is 0 Å². The third-order valence-electron chi connectivity index (χ3n) is 5.19. The fraction of sp³-hybridized carbons (Fsp3) is 0.273. The highest BCUT2D eigenvalue weighted by Gasteiger charge is 2.20. The molecule has 3 aromatic rings. The van der Waals surface area contributed by atoms with Crippen molar-refractivity contribution in [1.29, 1.82) is 0 Å². The minimum absolute atomic E-state index is 0.110. The Hall–Kier alpha value is -3.79. The Morgan fingerprint density at radius 1 is 1.16 bits per heavy atom. The lowest BCUT2D eigenvalue weighted by molar-refractivity contribution is 0.0690. The number of hydrogen-bond acceptors (Lipinski definition) is 6. The molecule has 10 heteroatoms. The average molecular weight is 439 g/mol. The van der Waals surface area contributed by atoms with Crippen LogP contribution in [0.1, 0.15) is 26.5 Å². The molecule has 0 unspecified atom stereocenters. The van der Waals surface area contributed by atoms with E-state index in [0.717, 1.165) is 0 Å². The number of morpholine rings is 1. The van der Waals surface area contributed by atoms with Gasteiger partial charge in [0.2, 0.25) is 0 Å². The summed E-state index contributed by atoms with van der Waals surface area (Å²) in [7, 11) is 1.63. The van der Waals surface area contributed by atoms with Gasteiger partial charge in [0, 0.05) is 54.4 Å². The molecule has 166 valence electrons. The molecule has 2 aromatic heterocycles. The van der Waals surface area contributed by atoms with E-state index in [4.69, 9.17) is 4.74 Å². The van der Waals surface area contributed by atoms with Gasteiger partial charge in [-0.3, -0.25) is 14.5 Å². The predicted octanol–water partition coefficient (Wildman–Crippen LogP) is 2.72. The van der Waals surface area contributed by atoms with E-state index in [1.165, 1.54) is 23.0 Å². The quantitative estimate of drug-likeness (QED) is 0.629. The molecular formula is C22H22FN5O4. The Morgan fingerprint density at radius 3 is 2.62 bits per heavy atom. The molecule has 0 aliphatic carbocycles. The number of carboxylic acids is 1. The summed E-state index contributed by atoms with van der Waals surface area (Å²) in [5.74, 6) is -2.17. The zero-order valence-corrected chi connectivity index (χ0v) is 17.6. The topological polar surface area (TPSA) is 110 Å². The van der Waals surface area contributed by atoms with Crippen molar-refractivity contribution in [1.82, 2.24) is 14.8 Å². The van der Waals surface area contributed by atoms with E-state index in [9.17, 15) is 19.1 Å². The number of carboxylic acid groups (broad SMARTS) is 1. The van der Waals surface area contributed by atoms with Gasteiger partial charge in [-0.1, -0.05) is 0 Å².